The summed E-state index contributed by atoms with van der Waals surface area (Å²) in [6.45, 7) is 10.6. The van der Waals surface area contributed by atoms with Crippen molar-refractivity contribution in [3.05, 3.63) is 60.1 Å². The number of carbonyl (C=O) groups is 4. The number of nitrogens with zero attached hydrogens (tertiary/aromatic N) is 4. The molecule has 1 aromatic heterocycles. The maximum absolute atomic E-state index is 13.5. The maximum Gasteiger partial charge on any atom is 0.410 e. The van der Waals surface area contributed by atoms with Crippen LogP contribution in [-0.4, -0.2) is 109 Å². The molecule has 1 aliphatic rings. The van der Waals surface area contributed by atoms with Crippen LogP contribution in [0.3, 0.4) is 0 Å². The number of carbonyl (C=O) groups excluding carboxylic acids is 4. The fourth-order valence-electron chi connectivity index (χ4n) is 4.87. The quantitative estimate of drug-likeness (QED) is 0.370. The van der Waals surface area contributed by atoms with E-state index in [2.05, 4.69) is 0 Å². The Morgan fingerprint density at radius 1 is 0.909 bits per heavy atom. The highest BCUT2D eigenvalue weighted by molar-refractivity contribution is 5.85. The maximum atomic E-state index is 13.5. The van der Waals surface area contributed by atoms with Crippen LogP contribution in [0, 0.1) is 5.92 Å². The number of amides is 4. The summed E-state index contributed by atoms with van der Waals surface area (Å²) < 4.78 is 22.3. The highest BCUT2D eigenvalue weighted by atomic mass is 16.6. The van der Waals surface area contributed by atoms with E-state index in [-0.39, 0.29) is 37.6 Å². The summed E-state index contributed by atoms with van der Waals surface area (Å²) in [5.41, 5.74) is 0.218. The van der Waals surface area contributed by atoms with E-state index < -0.39 is 29.9 Å². The average molecular weight is 615 g/mol. The standard InChI is InChI=1S/C32H46N4O8/c1-23(28(26-14-11-19-42-26)34(7)29(38)24(2)33(6)30(39)44-32(3,4)5)20-41-22-27(37)35-15-17-36(18-16-35)31(40)43-21-25-12-9-8-10-13-25/h8-14,19,23-24,28H,15-18,20-22H2,1-7H3/t23-,24?,28+/m1/s1. The van der Waals surface area contributed by atoms with E-state index in [0.29, 0.717) is 31.9 Å². The van der Waals surface area contributed by atoms with Gasteiger partial charge >= 0.3 is 12.2 Å². The Balaban J connectivity index is 1.49. The number of rotatable bonds is 11. The molecule has 3 atom stereocenters. The number of hydrogen-bond acceptors (Lipinski definition) is 8. The lowest BCUT2D eigenvalue weighted by Crippen LogP contribution is -2.51. The molecule has 12 heteroatoms. The van der Waals surface area contributed by atoms with Crippen molar-refractivity contribution in [3.63, 3.8) is 0 Å². The molecule has 1 aromatic carbocycles. The Kier molecular flexibility index (Phi) is 12.2. The van der Waals surface area contributed by atoms with Crippen molar-refractivity contribution in [2.24, 2.45) is 5.92 Å². The molecule has 242 valence electrons. The molecule has 0 aliphatic carbocycles. The van der Waals surface area contributed by atoms with Gasteiger partial charge in [0.2, 0.25) is 11.8 Å². The number of hydrogen-bond donors (Lipinski definition) is 0. The molecule has 1 aliphatic heterocycles. The predicted molar refractivity (Wildman–Crippen MR) is 162 cm³/mol. The average Bonchev–Trinajstić information content (AvgIpc) is 3.52. The van der Waals surface area contributed by atoms with Crippen LogP contribution in [-0.2, 0) is 30.4 Å². The Labute approximate surface area is 259 Å². The van der Waals surface area contributed by atoms with E-state index in [1.165, 1.54) is 23.1 Å². The van der Waals surface area contributed by atoms with Gasteiger partial charge in [-0.05, 0) is 45.4 Å². The molecule has 0 bridgehead atoms. The molecule has 0 N–H and O–H groups in total. The van der Waals surface area contributed by atoms with Crippen molar-refractivity contribution >= 4 is 24.0 Å². The largest absolute Gasteiger partial charge is 0.467 e. The van der Waals surface area contributed by atoms with E-state index in [1.807, 2.05) is 37.3 Å². The lowest BCUT2D eigenvalue weighted by molar-refractivity contribution is -0.141. The molecular weight excluding hydrogens is 568 g/mol. The minimum Gasteiger partial charge on any atom is -0.467 e. The Bertz CT molecular complexity index is 1220. The first-order valence-electron chi connectivity index (χ1n) is 14.9. The molecule has 1 saturated heterocycles. The summed E-state index contributed by atoms with van der Waals surface area (Å²) in [6.07, 6.45) is 0.534. The van der Waals surface area contributed by atoms with Gasteiger partial charge in [-0.15, -0.1) is 0 Å². The number of likely N-dealkylation sites (N-methyl/N-ethyl adjacent to an activating group) is 2. The lowest BCUT2D eigenvalue weighted by atomic mass is 9.98. The van der Waals surface area contributed by atoms with Crippen LogP contribution in [0.15, 0.2) is 53.1 Å². The third kappa shape index (κ3) is 9.73. The second kappa shape index (κ2) is 15.6. The zero-order valence-electron chi connectivity index (χ0n) is 26.9. The van der Waals surface area contributed by atoms with Crippen LogP contribution in [0.1, 0.15) is 52.0 Å². The van der Waals surface area contributed by atoms with Gasteiger partial charge in [0.15, 0.2) is 0 Å². The van der Waals surface area contributed by atoms with Crippen molar-refractivity contribution in [1.82, 2.24) is 19.6 Å². The van der Waals surface area contributed by atoms with E-state index in [9.17, 15) is 19.2 Å². The fourth-order valence-corrected chi connectivity index (χ4v) is 4.87. The number of benzene rings is 1. The smallest absolute Gasteiger partial charge is 0.410 e. The molecular formula is C32H46N4O8. The van der Waals surface area contributed by atoms with Crippen molar-refractivity contribution in [2.75, 3.05) is 53.5 Å². The third-order valence-corrected chi connectivity index (χ3v) is 7.46. The molecule has 3 rings (SSSR count). The minimum atomic E-state index is -0.795. The Morgan fingerprint density at radius 2 is 1.55 bits per heavy atom. The summed E-state index contributed by atoms with van der Waals surface area (Å²) in [4.78, 5) is 57.4. The SMILES string of the molecule is CC(C(=O)N(C)[C@H](c1ccco1)[C@H](C)COCC(=O)N1CCN(C(=O)OCc2ccccc2)CC1)N(C)C(=O)OC(C)(C)C. The van der Waals surface area contributed by atoms with Gasteiger partial charge in [-0.1, -0.05) is 37.3 Å². The summed E-state index contributed by atoms with van der Waals surface area (Å²) >= 11 is 0. The number of ether oxygens (including phenoxy) is 3. The van der Waals surface area contributed by atoms with Gasteiger partial charge in [-0.25, -0.2) is 9.59 Å². The van der Waals surface area contributed by atoms with Gasteiger partial charge in [0.25, 0.3) is 0 Å². The van der Waals surface area contributed by atoms with E-state index in [4.69, 9.17) is 18.6 Å². The monoisotopic (exact) mass is 614 g/mol. The van der Waals surface area contributed by atoms with Gasteiger partial charge in [-0.2, -0.15) is 0 Å². The molecule has 1 fully saturated rings. The molecule has 1 unspecified atom stereocenters. The van der Waals surface area contributed by atoms with Gasteiger partial charge in [0.05, 0.1) is 18.9 Å². The molecule has 2 heterocycles. The molecule has 12 nitrogen and oxygen atoms in total. The van der Waals surface area contributed by atoms with Crippen LogP contribution in [0.4, 0.5) is 9.59 Å². The molecule has 0 radical (unpaired) electrons. The Morgan fingerprint density at radius 3 is 2.14 bits per heavy atom. The van der Waals surface area contributed by atoms with Crippen molar-refractivity contribution in [3.8, 4) is 0 Å². The van der Waals surface area contributed by atoms with Gasteiger partial charge in [0.1, 0.15) is 30.6 Å². The zero-order chi connectivity index (χ0) is 32.4. The highest BCUT2D eigenvalue weighted by Crippen LogP contribution is 2.29. The summed E-state index contributed by atoms with van der Waals surface area (Å²) in [5, 5.41) is 0. The van der Waals surface area contributed by atoms with Crippen LogP contribution < -0.4 is 0 Å². The second-order valence-corrected chi connectivity index (χ2v) is 12.1. The van der Waals surface area contributed by atoms with Crippen molar-refractivity contribution < 1.29 is 37.8 Å². The van der Waals surface area contributed by atoms with Gasteiger partial charge in [0, 0.05) is 46.2 Å². The highest BCUT2D eigenvalue weighted by Gasteiger charge is 2.35. The lowest BCUT2D eigenvalue weighted by Gasteiger charge is -2.36. The number of piperazine rings is 1. The molecule has 0 spiro atoms. The van der Waals surface area contributed by atoms with Crippen LogP contribution >= 0.6 is 0 Å². The minimum absolute atomic E-state index is 0.136. The first-order chi connectivity index (χ1) is 20.8. The van der Waals surface area contributed by atoms with Crippen LogP contribution in [0.25, 0.3) is 0 Å². The van der Waals surface area contributed by atoms with Crippen LogP contribution in [0.5, 0.6) is 0 Å². The first-order valence-corrected chi connectivity index (χ1v) is 14.9. The second-order valence-electron chi connectivity index (χ2n) is 12.1. The molecule has 0 saturated carbocycles. The summed E-state index contributed by atoms with van der Waals surface area (Å²) in [5.74, 6) is -0.173. The topological polar surface area (TPSA) is 122 Å². The van der Waals surface area contributed by atoms with E-state index in [1.54, 1.807) is 56.7 Å². The van der Waals surface area contributed by atoms with E-state index in [0.717, 1.165) is 5.56 Å². The first kappa shape index (κ1) is 34.4. The third-order valence-electron chi connectivity index (χ3n) is 7.46. The van der Waals surface area contributed by atoms with Crippen molar-refractivity contribution in [1.29, 1.82) is 0 Å². The summed E-state index contributed by atoms with van der Waals surface area (Å²) in [6, 6.07) is 11.7. The van der Waals surface area contributed by atoms with E-state index >= 15 is 0 Å². The normalized spacial score (nSPS) is 15.6. The van der Waals surface area contributed by atoms with Gasteiger partial charge < -0.3 is 33.3 Å². The molecule has 4 amide bonds. The van der Waals surface area contributed by atoms with Crippen LogP contribution in [0.2, 0.25) is 0 Å². The summed E-state index contributed by atoms with van der Waals surface area (Å²) in [7, 11) is 3.18. The fraction of sp³-hybridized carbons (Fsp3) is 0.562. The molecule has 2 aromatic rings. The zero-order valence-corrected chi connectivity index (χ0v) is 26.9. The molecule has 44 heavy (non-hydrogen) atoms. The Hall–Kier alpha value is -4.06. The predicted octanol–water partition coefficient (Wildman–Crippen LogP) is 4.17. The number of furan rings is 1. The van der Waals surface area contributed by atoms with Crippen molar-refractivity contribution in [2.45, 2.75) is 58.9 Å². The van der Waals surface area contributed by atoms with Gasteiger partial charge in [-0.3, -0.25) is 14.5 Å².